The van der Waals surface area contributed by atoms with Gasteiger partial charge in [0.2, 0.25) is 0 Å². The molecule has 21 heavy (non-hydrogen) atoms. The zero-order valence-electron chi connectivity index (χ0n) is 11.7. The highest BCUT2D eigenvalue weighted by molar-refractivity contribution is 6.31. The predicted molar refractivity (Wildman–Crippen MR) is 85.2 cm³/mol. The van der Waals surface area contributed by atoms with Crippen molar-refractivity contribution >= 4 is 11.6 Å². The van der Waals surface area contributed by atoms with Crippen molar-refractivity contribution in [3.8, 4) is 6.07 Å². The molecule has 1 aliphatic carbocycles. The molecule has 1 N–H and O–H groups in total. The Balaban J connectivity index is 1.51. The lowest BCUT2D eigenvalue weighted by Gasteiger charge is -2.37. The lowest BCUT2D eigenvalue weighted by atomic mass is 9.76. The Morgan fingerprint density at radius 1 is 1.14 bits per heavy atom. The zero-order valence-corrected chi connectivity index (χ0v) is 12.5. The first kappa shape index (κ1) is 14.1. The van der Waals surface area contributed by atoms with Crippen LogP contribution < -0.4 is 5.32 Å². The van der Waals surface area contributed by atoms with Gasteiger partial charge in [-0.05, 0) is 48.1 Å². The van der Waals surface area contributed by atoms with E-state index in [2.05, 4.69) is 29.6 Å². The summed E-state index contributed by atoms with van der Waals surface area (Å²) < 4.78 is 0. The highest BCUT2D eigenvalue weighted by Crippen LogP contribution is 2.39. The number of hydrogen-bond donors (Lipinski definition) is 1. The topological polar surface area (TPSA) is 35.8 Å². The maximum absolute atomic E-state index is 8.90. The number of hydrogen-bond acceptors (Lipinski definition) is 2. The minimum absolute atomic E-state index is 0.539. The van der Waals surface area contributed by atoms with Crippen molar-refractivity contribution in [1.29, 1.82) is 5.26 Å². The van der Waals surface area contributed by atoms with Crippen LogP contribution in [0.5, 0.6) is 0 Å². The minimum Gasteiger partial charge on any atom is -0.310 e. The molecule has 0 aliphatic heterocycles. The second kappa shape index (κ2) is 6.30. The summed E-state index contributed by atoms with van der Waals surface area (Å²) >= 11 is 6.23. The molecule has 0 heterocycles. The van der Waals surface area contributed by atoms with Gasteiger partial charge in [0, 0.05) is 17.6 Å². The van der Waals surface area contributed by atoms with Crippen LogP contribution in [-0.4, -0.2) is 6.04 Å². The van der Waals surface area contributed by atoms with Gasteiger partial charge in [0.05, 0.1) is 11.6 Å². The summed E-state index contributed by atoms with van der Waals surface area (Å²) in [5.41, 5.74) is 3.15. The van der Waals surface area contributed by atoms with Crippen molar-refractivity contribution < 1.29 is 0 Å². The number of halogens is 1. The Kier molecular flexibility index (Phi) is 4.24. The van der Waals surface area contributed by atoms with E-state index in [4.69, 9.17) is 16.9 Å². The van der Waals surface area contributed by atoms with E-state index in [-0.39, 0.29) is 0 Å². The van der Waals surface area contributed by atoms with Crippen LogP contribution in [-0.2, 0) is 6.54 Å². The van der Waals surface area contributed by atoms with Gasteiger partial charge in [-0.2, -0.15) is 5.26 Å². The van der Waals surface area contributed by atoms with Crippen LogP contribution in [0.15, 0.2) is 48.5 Å². The van der Waals surface area contributed by atoms with Gasteiger partial charge in [-0.1, -0.05) is 41.9 Å². The number of benzene rings is 2. The third kappa shape index (κ3) is 3.26. The molecule has 0 radical (unpaired) electrons. The van der Waals surface area contributed by atoms with Gasteiger partial charge < -0.3 is 5.32 Å². The Bertz CT molecular complexity index is 669. The highest BCUT2D eigenvalue weighted by Gasteiger charge is 2.30. The Morgan fingerprint density at radius 2 is 1.95 bits per heavy atom. The van der Waals surface area contributed by atoms with Crippen LogP contribution in [0.25, 0.3) is 0 Å². The molecule has 0 spiro atoms. The number of rotatable bonds is 4. The van der Waals surface area contributed by atoms with Crippen LogP contribution in [0.2, 0.25) is 5.02 Å². The molecule has 0 saturated heterocycles. The molecule has 0 atom stereocenters. The molecule has 2 nitrogen and oxygen atoms in total. The Labute approximate surface area is 130 Å². The molecule has 2 aromatic rings. The lowest BCUT2D eigenvalue weighted by molar-refractivity contribution is 0.289. The molecule has 3 heteroatoms. The summed E-state index contributed by atoms with van der Waals surface area (Å²) in [6.45, 7) is 0.815. The van der Waals surface area contributed by atoms with Gasteiger partial charge in [0.25, 0.3) is 0 Å². The van der Waals surface area contributed by atoms with E-state index in [9.17, 15) is 0 Å². The second-order valence-corrected chi connectivity index (χ2v) is 5.99. The fourth-order valence-corrected chi connectivity index (χ4v) is 3.15. The fraction of sp³-hybridized carbons (Fsp3) is 0.278. The molecule has 0 aromatic heterocycles. The van der Waals surface area contributed by atoms with Crippen LogP contribution >= 0.6 is 11.6 Å². The quantitative estimate of drug-likeness (QED) is 0.915. The van der Waals surface area contributed by atoms with Gasteiger partial charge in [-0.25, -0.2) is 0 Å². The molecule has 2 aromatic carbocycles. The average Bonchev–Trinajstić information content (AvgIpc) is 2.47. The number of nitriles is 1. The van der Waals surface area contributed by atoms with E-state index in [0.29, 0.717) is 12.0 Å². The third-order valence-corrected chi connectivity index (χ3v) is 4.48. The monoisotopic (exact) mass is 296 g/mol. The van der Waals surface area contributed by atoms with Crippen LogP contribution in [0.3, 0.4) is 0 Å². The summed E-state index contributed by atoms with van der Waals surface area (Å²) in [5, 5.41) is 13.3. The molecule has 106 valence electrons. The van der Waals surface area contributed by atoms with Crippen molar-refractivity contribution in [3.63, 3.8) is 0 Å². The van der Waals surface area contributed by atoms with E-state index < -0.39 is 0 Å². The fourth-order valence-electron chi connectivity index (χ4n) is 2.86. The average molecular weight is 297 g/mol. The smallest absolute Gasteiger partial charge is 0.0991 e. The van der Waals surface area contributed by atoms with Gasteiger partial charge in [-0.3, -0.25) is 0 Å². The summed E-state index contributed by atoms with van der Waals surface area (Å²) in [5.74, 6) is 0.571. The van der Waals surface area contributed by atoms with Crippen molar-refractivity contribution in [2.24, 2.45) is 0 Å². The van der Waals surface area contributed by atoms with E-state index in [1.54, 1.807) is 0 Å². The van der Waals surface area contributed by atoms with Crippen molar-refractivity contribution in [3.05, 3.63) is 70.2 Å². The summed E-state index contributed by atoms with van der Waals surface area (Å²) in [6.07, 6.45) is 2.25. The van der Waals surface area contributed by atoms with E-state index in [1.807, 2.05) is 30.3 Å². The first-order valence-electron chi connectivity index (χ1n) is 7.23. The maximum atomic E-state index is 8.90. The SMILES string of the molecule is N#Cc1cccc(CNC2CC(c3ccccc3Cl)C2)c1. The molecule has 1 aliphatic rings. The molecule has 0 amide bonds. The van der Waals surface area contributed by atoms with Crippen LogP contribution in [0.4, 0.5) is 0 Å². The third-order valence-electron chi connectivity index (χ3n) is 4.13. The zero-order chi connectivity index (χ0) is 14.7. The minimum atomic E-state index is 0.539. The summed E-state index contributed by atoms with van der Waals surface area (Å²) in [7, 11) is 0. The predicted octanol–water partition coefficient (Wildman–Crippen LogP) is 4.25. The largest absolute Gasteiger partial charge is 0.310 e. The van der Waals surface area contributed by atoms with Crippen molar-refractivity contribution in [2.45, 2.75) is 31.3 Å². The molecule has 1 fully saturated rings. The van der Waals surface area contributed by atoms with E-state index >= 15 is 0 Å². The first-order chi connectivity index (χ1) is 10.3. The Morgan fingerprint density at radius 3 is 2.71 bits per heavy atom. The van der Waals surface area contributed by atoms with Gasteiger partial charge in [0.1, 0.15) is 0 Å². The van der Waals surface area contributed by atoms with Gasteiger partial charge in [-0.15, -0.1) is 0 Å². The molecule has 1 saturated carbocycles. The van der Waals surface area contributed by atoms with Crippen molar-refractivity contribution in [2.75, 3.05) is 0 Å². The highest BCUT2D eigenvalue weighted by atomic mass is 35.5. The number of nitrogens with zero attached hydrogens (tertiary/aromatic N) is 1. The normalized spacial score (nSPS) is 20.6. The van der Waals surface area contributed by atoms with Crippen molar-refractivity contribution in [1.82, 2.24) is 5.32 Å². The summed E-state index contributed by atoms with van der Waals surface area (Å²) in [4.78, 5) is 0. The summed E-state index contributed by atoms with van der Waals surface area (Å²) in [6, 6.07) is 18.6. The van der Waals surface area contributed by atoms with Crippen LogP contribution in [0, 0.1) is 11.3 Å². The van der Waals surface area contributed by atoms with Gasteiger partial charge >= 0.3 is 0 Å². The maximum Gasteiger partial charge on any atom is 0.0991 e. The lowest BCUT2D eigenvalue weighted by Crippen LogP contribution is -2.39. The second-order valence-electron chi connectivity index (χ2n) is 5.58. The molecule has 3 rings (SSSR count). The first-order valence-corrected chi connectivity index (χ1v) is 7.61. The molecular weight excluding hydrogens is 280 g/mol. The van der Waals surface area contributed by atoms with E-state index in [0.717, 1.165) is 35.5 Å². The van der Waals surface area contributed by atoms with Gasteiger partial charge in [0.15, 0.2) is 0 Å². The molecular formula is C18H17ClN2. The Hall–Kier alpha value is -1.82. The number of nitrogens with one attached hydrogen (secondary N) is 1. The molecule has 0 unspecified atom stereocenters. The molecule has 0 bridgehead atoms. The van der Waals surface area contributed by atoms with E-state index in [1.165, 1.54) is 5.56 Å². The standard InChI is InChI=1S/C18H17ClN2/c19-18-7-2-1-6-17(18)15-9-16(10-15)21-12-14-5-3-4-13(8-14)11-20/h1-8,15-16,21H,9-10,12H2. The van der Waals surface area contributed by atoms with Crippen LogP contribution in [0.1, 0.15) is 35.4 Å².